The SMILES string of the molecule is Cc1cc(-c2cn3ccccc3n2)ccc1OCc1ccc(F)cc1. The van der Waals surface area contributed by atoms with Gasteiger partial charge in [0.25, 0.3) is 0 Å². The molecule has 4 rings (SSSR count). The Labute approximate surface area is 145 Å². The Bertz CT molecular complexity index is 989. The third kappa shape index (κ3) is 3.24. The van der Waals surface area contributed by atoms with Crippen molar-refractivity contribution in [2.75, 3.05) is 0 Å². The summed E-state index contributed by atoms with van der Waals surface area (Å²) in [7, 11) is 0. The molecule has 0 fully saturated rings. The number of benzene rings is 2. The van der Waals surface area contributed by atoms with E-state index in [1.165, 1.54) is 12.1 Å². The lowest BCUT2D eigenvalue weighted by Crippen LogP contribution is -1.97. The molecule has 0 aliphatic heterocycles. The molecule has 2 aromatic carbocycles. The summed E-state index contributed by atoms with van der Waals surface area (Å²) < 4.78 is 20.8. The molecule has 0 aliphatic carbocycles. The van der Waals surface area contributed by atoms with Crippen molar-refractivity contribution >= 4 is 5.65 Å². The smallest absolute Gasteiger partial charge is 0.137 e. The number of ether oxygens (including phenoxy) is 1. The van der Waals surface area contributed by atoms with Crippen LogP contribution < -0.4 is 4.74 Å². The predicted octanol–water partition coefficient (Wildman–Crippen LogP) is 5.03. The van der Waals surface area contributed by atoms with Crippen LogP contribution in [-0.2, 0) is 6.61 Å². The second kappa shape index (κ2) is 6.40. The zero-order valence-corrected chi connectivity index (χ0v) is 13.8. The van der Waals surface area contributed by atoms with Crippen LogP contribution in [0.2, 0.25) is 0 Å². The van der Waals surface area contributed by atoms with Crippen LogP contribution in [-0.4, -0.2) is 9.38 Å². The fourth-order valence-corrected chi connectivity index (χ4v) is 2.79. The van der Waals surface area contributed by atoms with E-state index in [-0.39, 0.29) is 5.82 Å². The lowest BCUT2D eigenvalue weighted by molar-refractivity contribution is 0.304. The molecule has 2 aromatic heterocycles. The molecule has 2 heterocycles. The number of rotatable bonds is 4. The van der Waals surface area contributed by atoms with E-state index in [0.29, 0.717) is 6.61 Å². The Morgan fingerprint density at radius 2 is 1.88 bits per heavy atom. The van der Waals surface area contributed by atoms with Crippen molar-refractivity contribution < 1.29 is 9.13 Å². The third-order valence-corrected chi connectivity index (χ3v) is 4.14. The van der Waals surface area contributed by atoms with E-state index in [1.807, 2.05) is 54.0 Å². The van der Waals surface area contributed by atoms with Crippen LogP contribution in [0, 0.1) is 12.7 Å². The molecule has 0 saturated carbocycles. The maximum Gasteiger partial charge on any atom is 0.137 e. The molecule has 4 heteroatoms. The summed E-state index contributed by atoms with van der Waals surface area (Å²) in [6, 6.07) is 18.3. The van der Waals surface area contributed by atoms with Crippen molar-refractivity contribution in [3.63, 3.8) is 0 Å². The molecule has 0 spiro atoms. The zero-order chi connectivity index (χ0) is 17.2. The number of fused-ring (bicyclic) bond motifs is 1. The largest absolute Gasteiger partial charge is 0.489 e. The van der Waals surface area contributed by atoms with E-state index in [0.717, 1.165) is 33.8 Å². The van der Waals surface area contributed by atoms with Gasteiger partial charge in [-0.05, 0) is 60.5 Å². The van der Waals surface area contributed by atoms with Crippen molar-refractivity contribution in [2.24, 2.45) is 0 Å². The molecule has 25 heavy (non-hydrogen) atoms. The Morgan fingerprint density at radius 3 is 2.64 bits per heavy atom. The van der Waals surface area contributed by atoms with Crippen molar-refractivity contribution in [1.29, 1.82) is 0 Å². The van der Waals surface area contributed by atoms with Gasteiger partial charge < -0.3 is 9.14 Å². The minimum atomic E-state index is -0.239. The Kier molecular flexibility index (Phi) is 3.94. The van der Waals surface area contributed by atoms with Crippen molar-refractivity contribution in [1.82, 2.24) is 9.38 Å². The minimum Gasteiger partial charge on any atom is -0.489 e. The molecule has 124 valence electrons. The average molecular weight is 332 g/mol. The van der Waals surface area contributed by atoms with Gasteiger partial charge in [0.1, 0.15) is 23.8 Å². The van der Waals surface area contributed by atoms with Crippen LogP contribution >= 0.6 is 0 Å². The Morgan fingerprint density at radius 1 is 1.04 bits per heavy atom. The fraction of sp³-hybridized carbons (Fsp3) is 0.0952. The standard InChI is InChI=1S/C21H17FN2O/c1-15-12-17(19-13-24-11-3-2-4-21(24)23-19)7-10-20(15)25-14-16-5-8-18(22)9-6-16/h2-13H,14H2,1H3. The third-order valence-electron chi connectivity index (χ3n) is 4.14. The van der Waals surface area contributed by atoms with Crippen LogP contribution in [0.4, 0.5) is 4.39 Å². The summed E-state index contributed by atoms with van der Waals surface area (Å²) in [5.41, 5.74) is 4.88. The second-order valence-electron chi connectivity index (χ2n) is 5.99. The number of hydrogen-bond donors (Lipinski definition) is 0. The lowest BCUT2D eigenvalue weighted by atomic mass is 10.1. The van der Waals surface area contributed by atoms with E-state index in [9.17, 15) is 4.39 Å². The molecular weight excluding hydrogens is 315 g/mol. The van der Waals surface area contributed by atoms with E-state index in [2.05, 4.69) is 11.1 Å². The first-order chi connectivity index (χ1) is 12.2. The minimum absolute atomic E-state index is 0.239. The van der Waals surface area contributed by atoms with E-state index in [1.54, 1.807) is 12.1 Å². The number of halogens is 1. The normalized spacial score (nSPS) is 11.0. The molecule has 0 atom stereocenters. The van der Waals surface area contributed by atoms with Crippen LogP contribution in [0.25, 0.3) is 16.9 Å². The number of nitrogens with zero attached hydrogens (tertiary/aromatic N) is 2. The van der Waals surface area contributed by atoms with E-state index < -0.39 is 0 Å². The highest BCUT2D eigenvalue weighted by Crippen LogP contribution is 2.26. The molecule has 0 aliphatic rings. The molecule has 4 aromatic rings. The summed E-state index contributed by atoms with van der Waals surface area (Å²) in [5, 5.41) is 0. The summed E-state index contributed by atoms with van der Waals surface area (Å²) in [5.74, 6) is 0.577. The summed E-state index contributed by atoms with van der Waals surface area (Å²) in [6.45, 7) is 2.42. The highest BCUT2D eigenvalue weighted by molar-refractivity contribution is 5.64. The number of hydrogen-bond acceptors (Lipinski definition) is 2. The summed E-state index contributed by atoms with van der Waals surface area (Å²) in [6.07, 6.45) is 4.00. The van der Waals surface area contributed by atoms with Crippen LogP contribution in [0.5, 0.6) is 5.75 Å². The average Bonchev–Trinajstić information content (AvgIpc) is 3.06. The molecular formula is C21H17FN2O. The molecule has 0 radical (unpaired) electrons. The number of aryl methyl sites for hydroxylation is 1. The van der Waals surface area contributed by atoms with Gasteiger partial charge in [-0.25, -0.2) is 9.37 Å². The van der Waals surface area contributed by atoms with Crippen LogP contribution in [0.3, 0.4) is 0 Å². The first-order valence-corrected chi connectivity index (χ1v) is 8.11. The maximum atomic E-state index is 12.9. The maximum absolute atomic E-state index is 12.9. The lowest BCUT2D eigenvalue weighted by Gasteiger charge is -2.10. The number of imidazole rings is 1. The van der Waals surface area contributed by atoms with Crippen LogP contribution in [0.1, 0.15) is 11.1 Å². The Hall–Kier alpha value is -3.14. The monoisotopic (exact) mass is 332 g/mol. The highest BCUT2D eigenvalue weighted by Gasteiger charge is 2.07. The molecule has 0 saturated heterocycles. The first kappa shape index (κ1) is 15.4. The van der Waals surface area contributed by atoms with E-state index in [4.69, 9.17) is 4.74 Å². The molecule has 0 N–H and O–H groups in total. The summed E-state index contributed by atoms with van der Waals surface area (Å²) >= 11 is 0. The quantitative estimate of drug-likeness (QED) is 0.524. The van der Waals surface area contributed by atoms with Gasteiger partial charge in [-0.15, -0.1) is 0 Å². The van der Waals surface area contributed by atoms with Gasteiger partial charge in [-0.1, -0.05) is 18.2 Å². The van der Waals surface area contributed by atoms with Crippen molar-refractivity contribution in [3.8, 4) is 17.0 Å². The van der Waals surface area contributed by atoms with Gasteiger partial charge in [0, 0.05) is 18.0 Å². The molecule has 0 bridgehead atoms. The van der Waals surface area contributed by atoms with Crippen molar-refractivity contribution in [3.05, 3.63) is 90.0 Å². The van der Waals surface area contributed by atoms with Crippen molar-refractivity contribution in [2.45, 2.75) is 13.5 Å². The molecule has 0 amide bonds. The van der Waals surface area contributed by atoms with Gasteiger partial charge in [0.05, 0.1) is 5.69 Å². The highest BCUT2D eigenvalue weighted by atomic mass is 19.1. The van der Waals surface area contributed by atoms with Gasteiger partial charge in [-0.2, -0.15) is 0 Å². The van der Waals surface area contributed by atoms with Crippen LogP contribution in [0.15, 0.2) is 73.1 Å². The molecule has 3 nitrogen and oxygen atoms in total. The van der Waals surface area contributed by atoms with Gasteiger partial charge in [-0.3, -0.25) is 0 Å². The van der Waals surface area contributed by atoms with Gasteiger partial charge >= 0.3 is 0 Å². The summed E-state index contributed by atoms with van der Waals surface area (Å²) in [4.78, 5) is 4.64. The number of pyridine rings is 1. The van der Waals surface area contributed by atoms with Gasteiger partial charge in [0.15, 0.2) is 0 Å². The Balaban J connectivity index is 1.54. The first-order valence-electron chi connectivity index (χ1n) is 8.11. The predicted molar refractivity (Wildman–Crippen MR) is 96.1 cm³/mol. The second-order valence-corrected chi connectivity index (χ2v) is 5.99. The van der Waals surface area contributed by atoms with E-state index >= 15 is 0 Å². The van der Waals surface area contributed by atoms with Gasteiger partial charge in [0.2, 0.25) is 0 Å². The molecule has 0 unspecified atom stereocenters. The topological polar surface area (TPSA) is 26.5 Å². The zero-order valence-electron chi connectivity index (χ0n) is 13.8. The fourth-order valence-electron chi connectivity index (χ4n) is 2.79. The number of aromatic nitrogens is 2.